The molecule has 0 spiro atoms. The molecule has 0 atom stereocenters. The molecule has 5 heteroatoms. The van der Waals surface area contributed by atoms with Crippen molar-refractivity contribution in [3.05, 3.63) is 36.0 Å². The molecule has 0 fully saturated rings. The topological polar surface area (TPSA) is 68.7 Å². The minimum absolute atomic E-state index is 0.0218. The van der Waals surface area contributed by atoms with Gasteiger partial charge in [-0.05, 0) is 25.1 Å². The Kier molecular flexibility index (Phi) is 3.20. The van der Waals surface area contributed by atoms with Gasteiger partial charge in [0.25, 0.3) is 0 Å². The third-order valence-electron chi connectivity index (χ3n) is 2.22. The van der Waals surface area contributed by atoms with Crippen LogP contribution in [0.1, 0.15) is 17.3 Å². The molecule has 2 rings (SSSR count). The first-order valence-corrected chi connectivity index (χ1v) is 5.14. The lowest BCUT2D eigenvalue weighted by molar-refractivity contribution is -0.236. The van der Waals surface area contributed by atoms with Gasteiger partial charge < -0.3 is 5.11 Å². The number of phenols is 1. The molecule has 0 aliphatic heterocycles. The van der Waals surface area contributed by atoms with Gasteiger partial charge in [-0.3, -0.25) is 9.87 Å². The second-order valence-electron chi connectivity index (χ2n) is 3.31. The van der Waals surface area contributed by atoms with Crippen LogP contribution in [-0.2, 0) is 9.78 Å². The average molecular weight is 233 g/mol. The zero-order valence-corrected chi connectivity index (χ0v) is 9.21. The number of hydrogen-bond donors (Lipinski definition) is 1. The molecule has 0 saturated carbocycles. The van der Waals surface area contributed by atoms with E-state index in [4.69, 9.17) is 0 Å². The minimum atomic E-state index is -0.607. The van der Waals surface area contributed by atoms with Gasteiger partial charge in [0.05, 0.1) is 12.2 Å². The maximum Gasteiger partial charge on any atom is 0.373 e. The number of aromatic nitrogens is 1. The Labute approximate surface area is 97.5 Å². The van der Waals surface area contributed by atoms with Gasteiger partial charge in [-0.1, -0.05) is 6.07 Å². The molecular formula is C12H11NO4. The maximum atomic E-state index is 11.7. The molecule has 0 unspecified atom stereocenters. The van der Waals surface area contributed by atoms with Crippen molar-refractivity contribution in [1.82, 2.24) is 4.98 Å². The molecule has 0 amide bonds. The van der Waals surface area contributed by atoms with Gasteiger partial charge in [0.2, 0.25) is 0 Å². The highest BCUT2D eigenvalue weighted by Crippen LogP contribution is 2.25. The third-order valence-corrected chi connectivity index (χ3v) is 2.22. The summed E-state index contributed by atoms with van der Waals surface area (Å²) in [6.07, 6.45) is 1.54. The van der Waals surface area contributed by atoms with Crippen LogP contribution in [0.2, 0.25) is 0 Å². The van der Waals surface area contributed by atoms with Crippen LogP contribution in [-0.4, -0.2) is 22.7 Å². The van der Waals surface area contributed by atoms with Gasteiger partial charge in [-0.25, -0.2) is 4.79 Å². The number of phenolic OH excluding ortho intramolecular Hbond substituents is 1. The molecule has 0 aliphatic rings. The van der Waals surface area contributed by atoms with E-state index in [0.29, 0.717) is 16.5 Å². The summed E-state index contributed by atoms with van der Waals surface area (Å²) in [5, 5.41) is 10.1. The fourth-order valence-corrected chi connectivity index (χ4v) is 1.49. The molecule has 1 aromatic carbocycles. The first-order valence-electron chi connectivity index (χ1n) is 5.14. The lowest BCUT2D eigenvalue weighted by Gasteiger charge is -2.06. The fraction of sp³-hybridized carbons (Fsp3) is 0.167. The molecule has 1 heterocycles. The number of carbonyl (C=O) groups is 1. The van der Waals surface area contributed by atoms with Crippen molar-refractivity contribution in [2.24, 2.45) is 0 Å². The molecule has 5 nitrogen and oxygen atoms in total. The van der Waals surface area contributed by atoms with E-state index in [-0.39, 0.29) is 12.4 Å². The number of pyridine rings is 1. The Bertz CT molecular complexity index is 553. The third kappa shape index (κ3) is 2.19. The number of carbonyl (C=O) groups excluding carboxylic acids is 1. The number of nitrogens with zero attached hydrogens (tertiary/aromatic N) is 1. The van der Waals surface area contributed by atoms with E-state index in [0.717, 1.165) is 0 Å². The molecular weight excluding hydrogens is 222 g/mol. The average Bonchev–Trinajstić information content (AvgIpc) is 2.37. The number of benzene rings is 1. The highest BCUT2D eigenvalue weighted by molar-refractivity contribution is 6.04. The first-order chi connectivity index (χ1) is 8.24. The Hall–Kier alpha value is -2.14. The molecule has 17 heavy (non-hydrogen) atoms. The van der Waals surface area contributed by atoms with E-state index < -0.39 is 5.97 Å². The second-order valence-corrected chi connectivity index (χ2v) is 3.31. The second kappa shape index (κ2) is 4.80. The Morgan fingerprint density at radius 3 is 3.00 bits per heavy atom. The summed E-state index contributed by atoms with van der Waals surface area (Å²) in [5.41, 5.74) is 0.665. The van der Waals surface area contributed by atoms with E-state index in [2.05, 4.69) is 14.8 Å². The number of aromatic hydroxyl groups is 1. The summed E-state index contributed by atoms with van der Waals surface area (Å²) in [6, 6.07) is 6.24. The highest BCUT2D eigenvalue weighted by atomic mass is 17.2. The van der Waals surface area contributed by atoms with Crippen LogP contribution in [0.5, 0.6) is 5.75 Å². The van der Waals surface area contributed by atoms with Crippen LogP contribution >= 0.6 is 0 Å². The number of fused-ring (bicyclic) bond motifs is 1. The summed E-state index contributed by atoms with van der Waals surface area (Å²) >= 11 is 0. The van der Waals surface area contributed by atoms with Gasteiger partial charge in [-0.15, -0.1) is 0 Å². The van der Waals surface area contributed by atoms with Gasteiger partial charge in [0.1, 0.15) is 11.3 Å². The standard InChI is InChI=1S/C12H11NO4/c1-2-16-17-12(15)9-5-6-10(14)11-8(9)4-3-7-13-11/h3-7,14H,2H2,1H3. The normalized spacial score (nSPS) is 10.4. The van der Waals surface area contributed by atoms with Crippen molar-refractivity contribution in [3.63, 3.8) is 0 Å². The molecule has 1 aromatic heterocycles. The minimum Gasteiger partial charge on any atom is -0.506 e. The molecule has 0 aliphatic carbocycles. The quantitative estimate of drug-likeness (QED) is 0.649. The summed E-state index contributed by atoms with van der Waals surface area (Å²) < 4.78 is 0. The molecule has 0 bridgehead atoms. The summed E-state index contributed by atoms with van der Waals surface area (Å²) in [5.74, 6) is -0.585. The van der Waals surface area contributed by atoms with Gasteiger partial charge in [-0.2, -0.15) is 4.89 Å². The zero-order chi connectivity index (χ0) is 12.3. The summed E-state index contributed by atoms with van der Waals surface area (Å²) in [6.45, 7) is 1.99. The smallest absolute Gasteiger partial charge is 0.373 e. The molecule has 0 saturated heterocycles. The summed E-state index contributed by atoms with van der Waals surface area (Å²) in [4.78, 5) is 24.9. The maximum absolute atomic E-state index is 11.7. The van der Waals surface area contributed by atoms with Crippen LogP contribution in [0.4, 0.5) is 0 Å². The Morgan fingerprint density at radius 2 is 2.24 bits per heavy atom. The number of hydrogen-bond acceptors (Lipinski definition) is 5. The van der Waals surface area contributed by atoms with Crippen molar-refractivity contribution in [2.45, 2.75) is 6.92 Å². The van der Waals surface area contributed by atoms with E-state index in [9.17, 15) is 9.90 Å². The van der Waals surface area contributed by atoms with Crippen LogP contribution in [0.25, 0.3) is 10.9 Å². The lowest BCUT2D eigenvalue weighted by Crippen LogP contribution is -2.06. The van der Waals surface area contributed by atoms with Gasteiger partial charge in [0, 0.05) is 11.6 Å². The predicted molar refractivity (Wildman–Crippen MR) is 60.4 cm³/mol. The van der Waals surface area contributed by atoms with Crippen LogP contribution in [0.3, 0.4) is 0 Å². The molecule has 1 N–H and O–H groups in total. The van der Waals surface area contributed by atoms with Crippen LogP contribution in [0.15, 0.2) is 30.5 Å². The SMILES string of the molecule is CCOOC(=O)c1ccc(O)c2ncccc12. The monoisotopic (exact) mass is 233 g/mol. The van der Waals surface area contributed by atoms with E-state index in [1.54, 1.807) is 25.3 Å². The molecule has 88 valence electrons. The molecule has 0 radical (unpaired) electrons. The van der Waals surface area contributed by atoms with Gasteiger partial charge in [0.15, 0.2) is 0 Å². The van der Waals surface area contributed by atoms with Crippen molar-refractivity contribution in [3.8, 4) is 5.75 Å². The lowest BCUT2D eigenvalue weighted by atomic mass is 10.1. The highest BCUT2D eigenvalue weighted by Gasteiger charge is 2.14. The van der Waals surface area contributed by atoms with Crippen LogP contribution < -0.4 is 0 Å². The Morgan fingerprint density at radius 1 is 1.41 bits per heavy atom. The van der Waals surface area contributed by atoms with Crippen molar-refractivity contribution in [1.29, 1.82) is 0 Å². The fourth-order valence-electron chi connectivity index (χ4n) is 1.49. The molecule has 2 aromatic rings. The van der Waals surface area contributed by atoms with Crippen molar-refractivity contribution >= 4 is 16.9 Å². The number of rotatable bonds is 3. The summed E-state index contributed by atoms with van der Waals surface area (Å²) in [7, 11) is 0. The van der Waals surface area contributed by atoms with Crippen molar-refractivity contribution < 1.29 is 19.7 Å². The Balaban J connectivity index is 2.48. The van der Waals surface area contributed by atoms with E-state index in [1.807, 2.05) is 0 Å². The largest absolute Gasteiger partial charge is 0.506 e. The zero-order valence-electron chi connectivity index (χ0n) is 9.21. The predicted octanol–water partition coefficient (Wildman–Crippen LogP) is 2.05. The van der Waals surface area contributed by atoms with Crippen molar-refractivity contribution in [2.75, 3.05) is 6.61 Å². The van der Waals surface area contributed by atoms with E-state index >= 15 is 0 Å². The van der Waals surface area contributed by atoms with Crippen LogP contribution in [0, 0.1) is 0 Å². The van der Waals surface area contributed by atoms with Gasteiger partial charge >= 0.3 is 5.97 Å². The first kappa shape index (κ1) is 11.3. The van der Waals surface area contributed by atoms with E-state index in [1.165, 1.54) is 12.1 Å².